The lowest BCUT2D eigenvalue weighted by atomic mass is 9.98. The second-order valence-electron chi connectivity index (χ2n) is 9.22. The third-order valence-electron chi connectivity index (χ3n) is 6.57. The average molecular weight is 521 g/mol. The molecule has 2 unspecified atom stereocenters. The highest BCUT2D eigenvalue weighted by molar-refractivity contribution is 6.35. The molecule has 3 aromatic rings. The molecule has 0 spiro atoms. The summed E-state index contributed by atoms with van der Waals surface area (Å²) in [6, 6.07) is 19.2. The number of nitrogens with one attached hydrogen (secondary N) is 1. The molecule has 0 radical (unpaired) electrons. The number of carbonyl (C=O) groups is 1. The molecule has 194 valence electrons. The molecule has 37 heavy (non-hydrogen) atoms. The smallest absolute Gasteiger partial charge is 0.238 e. The molecule has 1 aromatic heterocycles. The maximum absolute atomic E-state index is 13.1. The first-order valence-corrected chi connectivity index (χ1v) is 13.2. The van der Waals surface area contributed by atoms with E-state index in [9.17, 15) is 10.1 Å². The lowest BCUT2D eigenvalue weighted by Crippen LogP contribution is -2.38. The first-order chi connectivity index (χ1) is 18.1. The van der Waals surface area contributed by atoms with Crippen molar-refractivity contribution in [1.29, 1.82) is 5.26 Å². The number of hydrogen-bond donors (Lipinski definition) is 1. The van der Waals surface area contributed by atoms with Gasteiger partial charge in [0.25, 0.3) is 0 Å². The minimum absolute atomic E-state index is 0.185. The summed E-state index contributed by atoms with van der Waals surface area (Å²) >= 11 is 6.29. The summed E-state index contributed by atoms with van der Waals surface area (Å²) in [5.41, 5.74) is 2.32. The van der Waals surface area contributed by atoms with Crippen molar-refractivity contribution in [2.45, 2.75) is 32.2 Å². The molecule has 1 saturated heterocycles. The van der Waals surface area contributed by atoms with Crippen LogP contribution in [0.25, 0.3) is 10.9 Å². The van der Waals surface area contributed by atoms with Gasteiger partial charge in [-0.1, -0.05) is 55.3 Å². The van der Waals surface area contributed by atoms with Crippen LogP contribution in [-0.2, 0) is 16.0 Å². The zero-order valence-electron chi connectivity index (χ0n) is 21.2. The van der Waals surface area contributed by atoms with Gasteiger partial charge in [0.1, 0.15) is 18.3 Å². The third-order valence-corrected chi connectivity index (χ3v) is 6.88. The minimum atomic E-state index is -0.852. The second kappa shape index (κ2) is 13.4. The Morgan fingerprint density at radius 1 is 1.19 bits per heavy atom. The van der Waals surface area contributed by atoms with Crippen molar-refractivity contribution in [3.63, 3.8) is 0 Å². The number of halogens is 1. The molecule has 0 aliphatic carbocycles. The molecule has 1 aliphatic rings. The van der Waals surface area contributed by atoms with Crippen molar-refractivity contribution in [1.82, 2.24) is 15.2 Å². The van der Waals surface area contributed by atoms with Gasteiger partial charge in [-0.05, 0) is 36.2 Å². The highest BCUT2D eigenvalue weighted by Gasteiger charge is 2.23. The van der Waals surface area contributed by atoms with Crippen LogP contribution in [0, 0.1) is 17.2 Å². The molecule has 1 amide bonds. The highest BCUT2D eigenvalue weighted by Crippen LogP contribution is 2.24. The number of fused-ring (bicyclic) bond motifs is 1. The lowest BCUT2D eigenvalue weighted by molar-refractivity contribution is -0.124. The van der Waals surface area contributed by atoms with Crippen molar-refractivity contribution in [2.24, 2.45) is 5.92 Å². The highest BCUT2D eigenvalue weighted by atomic mass is 35.5. The third kappa shape index (κ3) is 7.42. The van der Waals surface area contributed by atoms with E-state index in [0.717, 1.165) is 62.4 Å². The van der Waals surface area contributed by atoms with Gasteiger partial charge in [-0.25, -0.2) is 0 Å². The van der Waals surface area contributed by atoms with Crippen LogP contribution >= 0.6 is 11.6 Å². The van der Waals surface area contributed by atoms with E-state index in [1.54, 1.807) is 6.07 Å². The van der Waals surface area contributed by atoms with E-state index < -0.39 is 5.92 Å². The summed E-state index contributed by atoms with van der Waals surface area (Å²) < 4.78 is 11.3. The molecule has 1 N–H and O–H groups in total. The Labute approximate surface area is 223 Å². The molecule has 0 saturated carbocycles. The van der Waals surface area contributed by atoms with Crippen molar-refractivity contribution in [3.05, 3.63) is 70.9 Å². The van der Waals surface area contributed by atoms with Gasteiger partial charge in [0.05, 0.1) is 35.9 Å². The van der Waals surface area contributed by atoms with Gasteiger partial charge in [0.2, 0.25) is 5.91 Å². The van der Waals surface area contributed by atoms with Crippen LogP contribution < -0.4 is 10.1 Å². The molecular weight excluding hydrogens is 488 g/mol. The lowest BCUT2D eigenvalue weighted by Gasteiger charge is -2.26. The number of benzene rings is 2. The zero-order valence-corrected chi connectivity index (χ0v) is 21.9. The van der Waals surface area contributed by atoms with E-state index in [1.807, 2.05) is 48.5 Å². The fraction of sp³-hybridized carbons (Fsp3) is 0.414. The number of ether oxygens (including phenoxy) is 2. The number of nitrogens with zero attached hydrogens (tertiary/aromatic N) is 3. The number of para-hydroxylation sites is 1. The standard InChI is InChI=1S/C29H33ClN4O3/c1-2-4-27(21-8-11-25(12-9-21)37-18-15-34-13-16-36-17-14-34)33-29(35)23(20-31)19-24-10-7-22-5-3-6-26(30)28(22)32-24/h3,5-12,23,27H,2,4,13-19H2,1H3,(H,33,35). The molecule has 1 aliphatic heterocycles. The van der Waals surface area contributed by atoms with Crippen molar-refractivity contribution in [2.75, 3.05) is 39.5 Å². The Bertz CT molecular complexity index is 1220. The van der Waals surface area contributed by atoms with Crippen LogP contribution in [0.1, 0.15) is 37.1 Å². The van der Waals surface area contributed by atoms with E-state index in [4.69, 9.17) is 21.1 Å². The van der Waals surface area contributed by atoms with Crippen LogP contribution in [0.3, 0.4) is 0 Å². The Morgan fingerprint density at radius 3 is 2.70 bits per heavy atom. The summed E-state index contributed by atoms with van der Waals surface area (Å²) in [7, 11) is 0. The van der Waals surface area contributed by atoms with Gasteiger partial charge in [0.15, 0.2) is 0 Å². The summed E-state index contributed by atoms with van der Waals surface area (Å²) in [4.78, 5) is 20.0. The predicted molar refractivity (Wildman–Crippen MR) is 145 cm³/mol. The predicted octanol–water partition coefficient (Wildman–Crippen LogP) is 4.94. The Kier molecular flexibility index (Phi) is 9.72. The summed E-state index contributed by atoms with van der Waals surface area (Å²) in [6.07, 6.45) is 1.88. The second-order valence-corrected chi connectivity index (χ2v) is 9.63. The Morgan fingerprint density at radius 2 is 1.97 bits per heavy atom. The molecule has 2 atom stereocenters. The number of aromatic nitrogens is 1. The molecule has 4 rings (SSSR count). The minimum Gasteiger partial charge on any atom is -0.492 e. The molecule has 1 fully saturated rings. The van der Waals surface area contributed by atoms with Gasteiger partial charge < -0.3 is 14.8 Å². The van der Waals surface area contributed by atoms with Crippen molar-refractivity contribution in [3.8, 4) is 11.8 Å². The normalized spacial score (nSPS) is 15.6. The Balaban J connectivity index is 1.35. The number of hydrogen-bond acceptors (Lipinski definition) is 6. The van der Waals surface area contributed by atoms with Crippen LogP contribution in [0.5, 0.6) is 5.75 Å². The quantitative estimate of drug-likeness (QED) is 0.385. The zero-order chi connectivity index (χ0) is 26.0. The molecular formula is C29H33ClN4O3. The van der Waals surface area contributed by atoms with Gasteiger partial charge in [-0.3, -0.25) is 14.7 Å². The maximum Gasteiger partial charge on any atom is 0.238 e. The average Bonchev–Trinajstić information content (AvgIpc) is 2.93. The van der Waals surface area contributed by atoms with E-state index in [2.05, 4.69) is 28.2 Å². The molecule has 8 heteroatoms. The van der Waals surface area contributed by atoms with Gasteiger partial charge in [-0.2, -0.15) is 5.26 Å². The first kappa shape index (κ1) is 26.9. The van der Waals surface area contributed by atoms with Gasteiger partial charge in [-0.15, -0.1) is 0 Å². The van der Waals surface area contributed by atoms with E-state index in [1.165, 1.54) is 0 Å². The van der Waals surface area contributed by atoms with E-state index >= 15 is 0 Å². The van der Waals surface area contributed by atoms with Crippen LogP contribution in [0.15, 0.2) is 54.6 Å². The van der Waals surface area contributed by atoms with Gasteiger partial charge >= 0.3 is 0 Å². The number of amides is 1. The van der Waals surface area contributed by atoms with Gasteiger partial charge in [0, 0.05) is 37.1 Å². The molecule has 0 bridgehead atoms. The number of pyridine rings is 1. The van der Waals surface area contributed by atoms with Crippen molar-refractivity contribution >= 4 is 28.4 Å². The van der Waals surface area contributed by atoms with Crippen LogP contribution in [0.4, 0.5) is 0 Å². The summed E-state index contributed by atoms with van der Waals surface area (Å²) in [6.45, 7) is 6.99. The monoisotopic (exact) mass is 520 g/mol. The van der Waals surface area contributed by atoms with E-state index in [-0.39, 0.29) is 18.4 Å². The number of nitriles is 1. The number of morpholine rings is 1. The topological polar surface area (TPSA) is 87.5 Å². The fourth-order valence-electron chi connectivity index (χ4n) is 4.47. The molecule has 2 aromatic carbocycles. The molecule has 2 heterocycles. The molecule has 7 nitrogen and oxygen atoms in total. The summed E-state index contributed by atoms with van der Waals surface area (Å²) in [5.74, 6) is -0.350. The van der Waals surface area contributed by atoms with Crippen LogP contribution in [0.2, 0.25) is 5.02 Å². The SMILES string of the molecule is CCCC(NC(=O)C(C#N)Cc1ccc2cccc(Cl)c2n1)c1ccc(OCCN2CCOCC2)cc1. The van der Waals surface area contributed by atoms with E-state index in [0.29, 0.717) is 22.8 Å². The number of rotatable bonds is 11. The first-order valence-electron chi connectivity index (χ1n) is 12.8. The van der Waals surface area contributed by atoms with Crippen LogP contribution in [-0.4, -0.2) is 55.2 Å². The largest absolute Gasteiger partial charge is 0.492 e. The number of carbonyl (C=O) groups excluding carboxylic acids is 1. The summed E-state index contributed by atoms with van der Waals surface area (Å²) in [5, 5.41) is 14.3. The Hall–Kier alpha value is -3.18. The maximum atomic E-state index is 13.1. The fourth-order valence-corrected chi connectivity index (χ4v) is 4.69. The van der Waals surface area contributed by atoms with Crippen molar-refractivity contribution < 1.29 is 14.3 Å².